The highest BCUT2D eigenvalue weighted by Gasteiger charge is 2.05. The van der Waals surface area contributed by atoms with Crippen LogP contribution in [0.2, 0.25) is 5.02 Å². The maximum Gasteiger partial charge on any atom is 0.323 e. The Morgan fingerprint density at radius 1 is 1.10 bits per heavy atom. The van der Waals surface area contributed by atoms with Gasteiger partial charge in [-0.05, 0) is 36.4 Å². The number of aromatic hydroxyl groups is 1. The molecule has 0 bridgehead atoms. The van der Waals surface area contributed by atoms with Crippen LogP contribution in [0.1, 0.15) is 5.56 Å². The normalized spacial score (nSPS) is 9.60. The lowest BCUT2D eigenvalue weighted by Crippen LogP contribution is -2.19. The molecule has 6 heteroatoms. The molecule has 5 nitrogen and oxygen atoms in total. The summed E-state index contributed by atoms with van der Waals surface area (Å²) in [5.41, 5.74) is 1.48. The SMILES string of the molecule is N#Cc1ccc(NC(=O)Nc2ccc(Cl)c(O)c2)cc1. The van der Waals surface area contributed by atoms with Gasteiger partial charge in [-0.1, -0.05) is 11.6 Å². The zero-order valence-electron chi connectivity index (χ0n) is 10.2. The Labute approximate surface area is 120 Å². The minimum Gasteiger partial charge on any atom is -0.506 e. The fourth-order valence-corrected chi connectivity index (χ4v) is 1.63. The van der Waals surface area contributed by atoms with Gasteiger partial charge in [0.05, 0.1) is 16.7 Å². The molecular weight excluding hydrogens is 278 g/mol. The van der Waals surface area contributed by atoms with Gasteiger partial charge in [0.15, 0.2) is 0 Å². The molecule has 0 saturated heterocycles. The van der Waals surface area contributed by atoms with Gasteiger partial charge in [0, 0.05) is 17.4 Å². The first kappa shape index (κ1) is 13.7. The lowest BCUT2D eigenvalue weighted by molar-refractivity contribution is 0.262. The number of halogens is 1. The van der Waals surface area contributed by atoms with E-state index in [0.29, 0.717) is 16.9 Å². The summed E-state index contributed by atoms with van der Waals surface area (Å²) >= 11 is 5.67. The monoisotopic (exact) mass is 287 g/mol. The van der Waals surface area contributed by atoms with Crippen LogP contribution in [-0.2, 0) is 0 Å². The Balaban J connectivity index is 2.01. The van der Waals surface area contributed by atoms with Crippen LogP contribution in [-0.4, -0.2) is 11.1 Å². The van der Waals surface area contributed by atoms with Crippen molar-refractivity contribution in [2.45, 2.75) is 0 Å². The number of carbonyl (C=O) groups is 1. The number of urea groups is 1. The number of hydrogen-bond acceptors (Lipinski definition) is 3. The average molecular weight is 288 g/mol. The zero-order chi connectivity index (χ0) is 14.5. The molecule has 20 heavy (non-hydrogen) atoms. The number of amides is 2. The predicted molar refractivity (Wildman–Crippen MR) is 76.9 cm³/mol. The van der Waals surface area contributed by atoms with Crippen molar-refractivity contribution in [3.63, 3.8) is 0 Å². The van der Waals surface area contributed by atoms with E-state index in [2.05, 4.69) is 10.6 Å². The van der Waals surface area contributed by atoms with Crippen LogP contribution in [0.5, 0.6) is 5.75 Å². The van der Waals surface area contributed by atoms with E-state index in [1.165, 1.54) is 12.1 Å². The zero-order valence-corrected chi connectivity index (χ0v) is 11.0. The third-order valence-corrected chi connectivity index (χ3v) is 2.80. The molecule has 2 rings (SSSR count). The van der Waals surface area contributed by atoms with Gasteiger partial charge in [-0.3, -0.25) is 0 Å². The van der Waals surface area contributed by atoms with Gasteiger partial charge in [0.1, 0.15) is 5.75 Å². The van der Waals surface area contributed by atoms with Gasteiger partial charge in [-0.2, -0.15) is 5.26 Å². The lowest BCUT2D eigenvalue weighted by atomic mass is 10.2. The average Bonchev–Trinajstić information content (AvgIpc) is 2.44. The summed E-state index contributed by atoms with van der Waals surface area (Å²) in [6.07, 6.45) is 0. The molecule has 2 amide bonds. The van der Waals surface area contributed by atoms with Crippen molar-refractivity contribution < 1.29 is 9.90 Å². The molecule has 100 valence electrons. The summed E-state index contributed by atoms with van der Waals surface area (Å²) in [5, 5.41) is 23.5. The molecule has 3 N–H and O–H groups in total. The Morgan fingerprint density at radius 2 is 1.70 bits per heavy atom. The molecule has 0 aromatic heterocycles. The van der Waals surface area contributed by atoms with Gasteiger partial charge in [-0.25, -0.2) is 4.79 Å². The number of phenolic OH excluding ortho intramolecular Hbond substituents is 1. The Bertz CT molecular complexity index is 678. The van der Waals surface area contributed by atoms with Gasteiger partial charge in [0.2, 0.25) is 0 Å². The molecule has 2 aromatic carbocycles. The molecule has 0 heterocycles. The number of nitrogens with zero attached hydrogens (tertiary/aromatic N) is 1. The van der Waals surface area contributed by atoms with Crippen LogP contribution in [0, 0.1) is 11.3 Å². The van der Waals surface area contributed by atoms with Gasteiger partial charge < -0.3 is 15.7 Å². The number of nitrogens with one attached hydrogen (secondary N) is 2. The molecule has 0 atom stereocenters. The molecular formula is C14H10ClN3O2. The molecule has 0 aliphatic rings. The molecule has 0 saturated carbocycles. The Morgan fingerprint density at radius 3 is 2.30 bits per heavy atom. The minimum atomic E-state index is -0.462. The first-order chi connectivity index (χ1) is 9.58. The molecule has 0 fully saturated rings. The standard InChI is InChI=1S/C14H10ClN3O2/c15-12-6-5-11(7-13(12)19)18-14(20)17-10-3-1-9(8-16)2-4-10/h1-7,19H,(H2,17,18,20). The van der Waals surface area contributed by atoms with Crippen molar-refractivity contribution in [3.05, 3.63) is 53.1 Å². The van der Waals surface area contributed by atoms with Gasteiger partial charge in [-0.15, -0.1) is 0 Å². The second-order valence-corrected chi connectivity index (χ2v) is 4.34. The number of nitriles is 1. The van der Waals surface area contributed by atoms with Gasteiger partial charge in [0.25, 0.3) is 0 Å². The summed E-state index contributed by atoms with van der Waals surface area (Å²) in [4.78, 5) is 11.7. The van der Waals surface area contributed by atoms with E-state index >= 15 is 0 Å². The first-order valence-corrected chi connectivity index (χ1v) is 6.03. The van der Waals surface area contributed by atoms with Crippen LogP contribution < -0.4 is 10.6 Å². The minimum absolute atomic E-state index is 0.108. The van der Waals surface area contributed by atoms with E-state index in [1.54, 1.807) is 30.3 Å². The molecule has 2 aromatic rings. The maximum absolute atomic E-state index is 11.7. The van der Waals surface area contributed by atoms with Crippen molar-refractivity contribution in [2.75, 3.05) is 10.6 Å². The third-order valence-electron chi connectivity index (χ3n) is 2.48. The summed E-state index contributed by atoms with van der Waals surface area (Å²) < 4.78 is 0. The summed E-state index contributed by atoms with van der Waals surface area (Å²) in [7, 11) is 0. The van der Waals surface area contributed by atoms with E-state index in [0.717, 1.165) is 0 Å². The van der Waals surface area contributed by atoms with Crippen LogP contribution in [0.4, 0.5) is 16.2 Å². The van der Waals surface area contributed by atoms with Crippen molar-refractivity contribution in [2.24, 2.45) is 0 Å². The van der Waals surface area contributed by atoms with Crippen LogP contribution in [0.15, 0.2) is 42.5 Å². The van der Waals surface area contributed by atoms with E-state index < -0.39 is 6.03 Å². The Kier molecular flexibility index (Phi) is 4.08. The van der Waals surface area contributed by atoms with Crippen LogP contribution >= 0.6 is 11.6 Å². The molecule has 0 radical (unpaired) electrons. The second kappa shape index (κ2) is 5.95. The Hall–Kier alpha value is -2.71. The van der Waals surface area contributed by atoms with E-state index in [4.69, 9.17) is 16.9 Å². The quantitative estimate of drug-likeness (QED) is 0.789. The summed E-state index contributed by atoms with van der Waals surface area (Å²) in [6.45, 7) is 0. The van der Waals surface area contributed by atoms with E-state index in [-0.39, 0.29) is 10.8 Å². The molecule has 0 spiro atoms. The molecule has 0 aliphatic heterocycles. The lowest BCUT2D eigenvalue weighted by Gasteiger charge is -2.08. The smallest absolute Gasteiger partial charge is 0.323 e. The van der Waals surface area contributed by atoms with Crippen molar-refractivity contribution in [1.29, 1.82) is 5.26 Å². The summed E-state index contributed by atoms with van der Waals surface area (Å²) in [5.74, 6) is -0.108. The van der Waals surface area contributed by atoms with Crippen LogP contribution in [0.3, 0.4) is 0 Å². The number of benzene rings is 2. The largest absolute Gasteiger partial charge is 0.506 e. The third kappa shape index (κ3) is 3.40. The number of hydrogen-bond donors (Lipinski definition) is 3. The van der Waals surface area contributed by atoms with E-state index in [1.807, 2.05) is 6.07 Å². The molecule has 0 aliphatic carbocycles. The molecule has 0 unspecified atom stereocenters. The topological polar surface area (TPSA) is 85.2 Å². The maximum atomic E-state index is 11.7. The highest BCUT2D eigenvalue weighted by molar-refractivity contribution is 6.32. The number of phenols is 1. The number of carbonyl (C=O) groups excluding carboxylic acids is 1. The number of anilines is 2. The summed E-state index contributed by atoms with van der Waals surface area (Å²) in [6, 6.07) is 12.4. The fraction of sp³-hybridized carbons (Fsp3) is 0. The number of rotatable bonds is 2. The van der Waals surface area contributed by atoms with E-state index in [9.17, 15) is 9.90 Å². The second-order valence-electron chi connectivity index (χ2n) is 3.93. The van der Waals surface area contributed by atoms with Gasteiger partial charge >= 0.3 is 6.03 Å². The highest BCUT2D eigenvalue weighted by atomic mass is 35.5. The highest BCUT2D eigenvalue weighted by Crippen LogP contribution is 2.26. The van der Waals surface area contributed by atoms with Crippen molar-refractivity contribution >= 4 is 29.0 Å². The van der Waals surface area contributed by atoms with Crippen LogP contribution in [0.25, 0.3) is 0 Å². The first-order valence-electron chi connectivity index (χ1n) is 5.65. The fourth-order valence-electron chi connectivity index (χ4n) is 1.51. The van der Waals surface area contributed by atoms with Crippen molar-refractivity contribution in [3.8, 4) is 11.8 Å². The van der Waals surface area contributed by atoms with Crippen molar-refractivity contribution in [1.82, 2.24) is 0 Å². The predicted octanol–water partition coefficient (Wildman–Crippen LogP) is 3.56.